The third-order valence-corrected chi connectivity index (χ3v) is 6.04. The van der Waals surface area contributed by atoms with E-state index >= 15 is 0 Å². The smallest absolute Gasteiger partial charge is 0.285 e. The zero-order chi connectivity index (χ0) is 21.6. The molecule has 0 spiro atoms. The number of hydrogen-bond acceptors (Lipinski definition) is 10. The molecule has 4 heterocycles. The topological polar surface area (TPSA) is 119 Å². The van der Waals surface area contributed by atoms with Crippen molar-refractivity contribution in [2.75, 3.05) is 51.3 Å². The van der Waals surface area contributed by atoms with Gasteiger partial charge in [0.15, 0.2) is 5.13 Å². The molecule has 2 saturated heterocycles. The first-order valence-electron chi connectivity index (χ1n) is 10.4. The molecule has 1 atom stereocenters. The van der Waals surface area contributed by atoms with Crippen LogP contribution in [-0.4, -0.2) is 76.7 Å². The van der Waals surface area contributed by atoms with Crippen molar-refractivity contribution < 1.29 is 9.53 Å². The lowest BCUT2D eigenvalue weighted by molar-refractivity contribution is 0.0125. The van der Waals surface area contributed by atoms with Gasteiger partial charge in [0.05, 0.1) is 25.8 Å². The van der Waals surface area contributed by atoms with Crippen molar-refractivity contribution in [1.29, 1.82) is 5.26 Å². The van der Waals surface area contributed by atoms with E-state index in [1.165, 1.54) is 11.3 Å². The summed E-state index contributed by atoms with van der Waals surface area (Å²) in [7, 11) is 0. The highest BCUT2D eigenvalue weighted by Crippen LogP contribution is 2.27. The van der Waals surface area contributed by atoms with Crippen molar-refractivity contribution in [2.45, 2.75) is 25.7 Å². The molecular weight excluding hydrogens is 416 g/mol. The first-order chi connectivity index (χ1) is 15.1. The van der Waals surface area contributed by atoms with Crippen molar-refractivity contribution in [2.24, 2.45) is 0 Å². The molecule has 2 aliphatic rings. The van der Waals surface area contributed by atoms with Crippen LogP contribution in [0.1, 0.15) is 40.8 Å². The number of anilines is 2. The number of nitrogens with zero attached hydrogens (tertiary/aromatic N) is 6. The predicted octanol–water partition coefficient (Wildman–Crippen LogP) is 1.67. The van der Waals surface area contributed by atoms with Gasteiger partial charge in [-0.3, -0.25) is 15.1 Å². The van der Waals surface area contributed by atoms with Crippen LogP contribution in [-0.2, 0) is 4.74 Å². The number of aromatic nitrogens is 3. The highest BCUT2D eigenvalue weighted by atomic mass is 32.1. The third kappa shape index (κ3) is 5.74. The molecule has 0 aliphatic carbocycles. The van der Waals surface area contributed by atoms with Crippen LogP contribution >= 0.6 is 11.3 Å². The molecular formula is C20H26N8O2S. The highest BCUT2D eigenvalue weighted by Gasteiger charge is 2.24. The van der Waals surface area contributed by atoms with Crippen molar-refractivity contribution in [3.05, 3.63) is 28.7 Å². The SMILES string of the molecule is Cc1cc(Nc2nc(C(=O)NN3CCOCC3)cs2)nc(C2CCCN(CC#N)C2)n1. The highest BCUT2D eigenvalue weighted by molar-refractivity contribution is 7.14. The minimum Gasteiger partial charge on any atom is -0.379 e. The summed E-state index contributed by atoms with van der Waals surface area (Å²) in [5.41, 5.74) is 4.10. The Morgan fingerprint density at radius 2 is 2.16 bits per heavy atom. The van der Waals surface area contributed by atoms with E-state index in [1.54, 1.807) is 5.38 Å². The number of piperidine rings is 1. The van der Waals surface area contributed by atoms with E-state index in [4.69, 9.17) is 15.0 Å². The van der Waals surface area contributed by atoms with Crippen LogP contribution in [0.15, 0.2) is 11.4 Å². The van der Waals surface area contributed by atoms with Gasteiger partial charge in [0, 0.05) is 42.7 Å². The van der Waals surface area contributed by atoms with Gasteiger partial charge >= 0.3 is 0 Å². The molecule has 164 valence electrons. The molecule has 0 aromatic carbocycles. The fourth-order valence-corrected chi connectivity index (χ4v) is 4.47. The van der Waals surface area contributed by atoms with Crippen LogP contribution < -0.4 is 10.7 Å². The predicted molar refractivity (Wildman–Crippen MR) is 116 cm³/mol. The maximum Gasteiger partial charge on any atom is 0.285 e. The minimum absolute atomic E-state index is 0.203. The lowest BCUT2D eigenvalue weighted by Gasteiger charge is -2.30. The van der Waals surface area contributed by atoms with Gasteiger partial charge in [-0.2, -0.15) is 5.26 Å². The molecule has 2 fully saturated rings. The number of carbonyl (C=O) groups excluding carboxylic acids is 1. The molecule has 1 amide bonds. The van der Waals surface area contributed by atoms with Gasteiger partial charge in [-0.15, -0.1) is 11.3 Å². The maximum absolute atomic E-state index is 12.4. The van der Waals surface area contributed by atoms with Gasteiger partial charge < -0.3 is 10.1 Å². The number of hydrazine groups is 1. The maximum atomic E-state index is 12.4. The van der Waals surface area contributed by atoms with Gasteiger partial charge in [-0.05, 0) is 26.3 Å². The molecule has 0 bridgehead atoms. The number of rotatable bonds is 6. The summed E-state index contributed by atoms with van der Waals surface area (Å²) in [4.78, 5) is 28.3. The summed E-state index contributed by atoms with van der Waals surface area (Å²) in [6, 6.07) is 4.10. The zero-order valence-electron chi connectivity index (χ0n) is 17.5. The van der Waals surface area contributed by atoms with Crippen LogP contribution in [0.3, 0.4) is 0 Å². The Hall–Kier alpha value is -2.65. The molecule has 11 heteroatoms. The number of nitriles is 1. The molecule has 2 aromatic rings. The normalized spacial score (nSPS) is 20.2. The lowest BCUT2D eigenvalue weighted by Crippen LogP contribution is -2.48. The fraction of sp³-hybridized carbons (Fsp3) is 0.550. The molecule has 0 saturated carbocycles. The van der Waals surface area contributed by atoms with Crippen molar-refractivity contribution in [3.8, 4) is 6.07 Å². The fourth-order valence-electron chi connectivity index (χ4n) is 3.77. The number of carbonyl (C=O) groups is 1. The monoisotopic (exact) mass is 442 g/mol. The number of thiazole rings is 1. The van der Waals surface area contributed by atoms with Gasteiger partial charge in [0.2, 0.25) is 0 Å². The summed E-state index contributed by atoms with van der Waals surface area (Å²) in [5, 5.41) is 16.4. The van der Waals surface area contributed by atoms with Crippen LogP contribution in [0.4, 0.5) is 10.9 Å². The second-order valence-corrected chi connectivity index (χ2v) is 8.55. The Morgan fingerprint density at radius 1 is 1.32 bits per heavy atom. The second-order valence-electron chi connectivity index (χ2n) is 7.69. The third-order valence-electron chi connectivity index (χ3n) is 5.28. The number of amides is 1. The Labute approximate surface area is 185 Å². The van der Waals surface area contributed by atoms with Crippen LogP contribution in [0, 0.1) is 18.3 Å². The number of morpholine rings is 1. The van der Waals surface area contributed by atoms with Gasteiger partial charge in [0.1, 0.15) is 17.3 Å². The molecule has 2 aliphatic heterocycles. The Bertz CT molecular complexity index is 953. The van der Waals surface area contributed by atoms with Gasteiger partial charge in [-0.25, -0.2) is 20.0 Å². The van der Waals surface area contributed by atoms with E-state index in [2.05, 4.69) is 31.7 Å². The van der Waals surface area contributed by atoms with E-state index < -0.39 is 0 Å². The average molecular weight is 443 g/mol. The summed E-state index contributed by atoms with van der Waals surface area (Å²) in [6.07, 6.45) is 2.04. The van der Waals surface area contributed by atoms with Crippen LogP contribution in [0.2, 0.25) is 0 Å². The number of nitrogens with one attached hydrogen (secondary N) is 2. The van der Waals surface area contributed by atoms with Crippen LogP contribution in [0.25, 0.3) is 0 Å². The quantitative estimate of drug-likeness (QED) is 0.644. The van der Waals surface area contributed by atoms with Crippen molar-refractivity contribution in [3.63, 3.8) is 0 Å². The Kier molecular flexibility index (Phi) is 7.03. The molecule has 4 rings (SSSR count). The number of aryl methyl sites for hydroxylation is 1. The van der Waals surface area contributed by atoms with Gasteiger partial charge in [-0.1, -0.05) is 0 Å². The summed E-state index contributed by atoms with van der Waals surface area (Å²) in [6.45, 7) is 6.64. The summed E-state index contributed by atoms with van der Waals surface area (Å²) in [5.74, 6) is 1.42. The Morgan fingerprint density at radius 3 is 2.97 bits per heavy atom. The molecule has 0 radical (unpaired) electrons. The standard InChI is InChI=1S/C20H26N8O2S/c1-14-11-17(24-18(22-14)15-3-2-5-27(12-15)6-4-21)25-20-23-16(13-31-20)19(29)26-28-7-9-30-10-8-28/h11,13,15H,2-3,5-10,12H2,1H3,(H,26,29)(H,22,23,24,25). The summed E-state index contributed by atoms with van der Waals surface area (Å²) < 4.78 is 5.29. The van der Waals surface area contributed by atoms with E-state index in [-0.39, 0.29) is 11.8 Å². The molecule has 10 nitrogen and oxygen atoms in total. The van der Waals surface area contributed by atoms with E-state index in [9.17, 15) is 4.79 Å². The second kappa shape index (κ2) is 10.1. The van der Waals surface area contributed by atoms with Crippen molar-refractivity contribution >= 4 is 28.2 Å². The van der Waals surface area contributed by atoms with Gasteiger partial charge in [0.25, 0.3) is 5.91 Å². The number of hydrogen-bond donors (Lipinski definition) is 2. The average Bonchev–Trinajstić information content (AvgIpc) is 3.23. The molecule has 2 N–H and O–H groups in total. The Balaban J connectivity index is 1.41. The van der Waals surface area contributed by atoms with E-state index in [1.807, 2.05) is 18.0 Å². The summed E-state index contributed by atoms with van der Waals surface area (Å²) >= 11 is 1.36. The minimum atomic E-state index is -0.231. The first-order valence-corrected chi connectivity index (χ1v) is 11.3. The lowest BCUT2D eigenvalue weighted by atomic mass is 9.97. The molecule has 31 heavy (non-hydrogen) atoms. The first kappa shape index (κ1) is 21.6. The zero-order valence-corrected chi connectivity index (χ0v) is 18.3. The largest absolute Gasteiger partial charge is 0.379 e. The van der Waals surface area contributed by atoms with Crippen molar-refractivity contribution in [1.82, 2.24) is 30.3 Å². The van der Waals surface area contributed by atoms with Crippen LogP contribution in [0.5, 0.6) is 0 Å². The number of ether oxygens (including phenoxy) is 1. The van der Waals surface area contributed by atoms with E-state index in [0.29, 0.717) is 49.5 Å². The number of likely N-dealkylation sites (tertiary alicyclic amines) is 1. The van der Waals surface area contributed by atoms with E-state index in [0.717, 1.165) is 37.4 Å². The molecule has 2 aromatic heterocycles. The molecule has 1 unspecified atom stereocenters.